The molecule has 2 aromatic rings. The van der Waals surface area contributed by atoms with E-state index in [1.165, 1.54) is 62.6 Å². The van der Waals surface area contributed by atoms with Gasteiger partial charge in [0.1, 0.15) is 6.54 Å². The topological polar surface area (TPSA) is 44.4 Å². The molecule has 0 aliphatic carbocycles. The molecule has 0 bridgehead atoms. The van der Waals surface area contributed by atoms with E-state index in [4.69, 9.17) is 5.11 Å². The molecule has 1 aromatic heterocycles. The number of carboxylic acids is 1. The molecule has 0 aliphatic rings. The van der Waals surface area contributed by atoms with Crippen molar-refractivity contribution in [2.45, 2.75) is 84.6 Å². The third-order valence-electron chi connectivity index (χ3n) is 6.01. The Morgan fingerprint density at radius 1 is 0.794 bits per heavy atom. The van der Waals surface area contributed by atoms with Crippen LogP contribution in [0.15, 0.2) is 48.8 Å². The van der Waals surface area contributed by atoms with Crippen LogP contribution in [0.25, 0.3) is 12.2 Å². The van der Waals surface area contributed by atoms with E-state index in [1.54, 1.807) is 0 Å². The largest absolute Gasteiger partial charge is 1.00 e. The van der Waals surface area contributed by atoms with Crippen LogP contribution in [-0.4, -0.2) is 24.2 Å². The first-order valence-corrected chi connectivity index (χ1v) is 12.9. The maximum absolute atomic E-state index is 10.6. The monoisotopic (exact) mass is 530 g/mol. The van der Waals surface area contributed by atoms with E-state index in [9.17, 15) is 4.79 Å². The summed E-state index contributed by atoms with van der Waals surface area (Å²) >= 11 is 0. The zero-order valence-electron chi connectivity index (χ0n) is 21.1. The molecular formula is C29H43BrN2O2. The third kappa shape index (κ3) is 12.4. The van der Waals surface area contributed by atoms with Gasteiger partial charge in [-0.05, 0) is 36.1 Å². The van der Waals surface area contributed by atoms with Gasteiger partial charge in [-0.1, -0.05) is 76.7 Å². The lowest BCUT2D eigenvalue weighted by Crippen LogP contribution is -3.00. The molecule has 1 N–H and O–H groups in total. The van der Waals surface area contributed by atoms with E-state index in [2.05, 4.69) is 67.3 Å². The van der Waals surface area contributed by atoms with Gasteiger partial charge in [-0.15, -0.1) is 0 Å². The predicted molar refractivity (Wildman–Crippen MR) is 139 cm³/mol. The number of anilines is 1. The number of halogens is 1. The molecular weight excluding hydrogens is 488 g/mol. The number of aromatic nitrogens is 1. The fourth-order valence-electron chi connectivity index (χ4n) is 3.96. The van der Waals surface area contributed by atoms with Crippen LogP contribution in [0.1, 0.15) is 89.2 Å². The molecule has 0 radical (unpaired) electrons. The van der Waals surface area contributed by atoms with Crippen molar-refractivity contribution in [1.29, 1.82) is 0 Å². The van der Waals surface area contributed by atoms with Crippen molar-refractivity contribution < 1.29 is 31.4 Å². The minimum atomic E-state index is -0.739. The van der Waals surface area contributed by atoms with Gasteiger partial charge in [0.15, 0.2) is 12.4 Å². The molecule has 188 valence electrons. The summed E-state index contributed by atoms with van der Waals surface area (Å²) in [6.45, 7) is 7.57. The number of unbranched alkanes of at least 4 members (excludes halogenated alkanes) is 6. The lowest BCUT2D eigenvalue weighted by molar-refractivity contribution is -0.697. The van der Waals surface area contributed by atoms with Crippen LogP contribution in [-0.2, 0) is 11.3 Å². The molecule has 34 heavy (non-hydrogen) atoms. The summed E-state index contributed by atoms with van der Waals surface area (Å²) in [5.41, 5.74) is 3.68. The van der Waals surface area contributed by atoms with Crippen LogP contribution in [0, 0.1) is 0 Å². The van der Waals surface area contributed by atoms with Gasteiger partial charge in [0.25, 0.3) is 0 Å². The summed E-state index contributed by atoms with van der Waals surface area (Å²) in [5, 5.41) is 8.76. The molecule has 1 aromatic carbocycles. The summed E-state index contributed by atoms with van der Waals surface area (Å²) in [5.74, 6) is -0.739. The zero-order valence-corrected chi connectivity index (χ0v) is 22.7. The number of benzene rings is 1. The zero-order chi connectivity index (χ0) is 23.7. The van der Waals surface area contributed by atoms with E-state index >= 15 is 0 Å². The Labute approximate surface area is 217 Å². The molecule has 0 saturated heterocycles. The smallest absolute Gasteiger partial charge is 0.303 e. The minimum absolute atomic E-state index is 0. The fourth-order valence-corrected chi connectivity index (χ4v) is 3.96. The Balaban J connectivity index is 0.00000578. The summed E-state index contributed by atoms with van der Waals surface area (Å²) in [6, 6.07) is 13.1. The second kappa shape index (κ2) is 18.2. The number of carbonyl (C=O) groups is 1. The summed E-state index contributed by atoms with van der Waals surface area (Å²) < 4.78 is 2.03. The van der Waals surface area contributed by atoms with E-state index in [0.29, 0.717) is 6.42 Å². The number of nitrogens with zero attached hydrogens (tertiary/aromatic N) is 2. The van der Waals surface area contributed by atoms with Crippen molar-refractivity contribution >= 4 is 23.8 Å². The molecule has 0 aliphatic heterocycles. The molecule has 0 spiro atoms. The van der Waals surface area contributed by atoms with Gasteiger partial charge in [0, 0.05) is 37.3 Å². The molecule has 0 saturated carbocycles. The number of rotatable bonds is 17. The molecule has 0 amide bonds. The number of aliphatic carboxylic acids is 1. The van der Waals surface area contributed by atoms with E-state index in [-0.39, 0.29) is 23.4 Å². The lowest BCUT2D eigenvalue weighted by atomic mass is 10.1. The van der Waals surface area contributed by atoms with Crippen molar-refractivity contribution in [3.8, 4) is 0 Å². The average Bonchev–Trinajstić information content (AvgIpc) is 2.83. The summed E-state index contributed by atoms with van der Waals surface area (Å²) in [4.78, 5) is 13.2. The first-order valence-electron chi connectivity index (χ1n) is 12.9. The summed E-state index contributed by atoms with van der Waals surface area (Å²) in [7, 11) is 0. The van der Waals surface area contributed by atoms with Crippen LogP contribution in [0.3, 0.4) is 0 Å². The van der Waals surface area contributed by atoms with Crippen LogP contribution < -0.4 is 26.4 Å². The van der Waals surface area contributed by atoms with Crippen molar-refractivity contribution in [1.82, 2.24) is 0 Å². The van der Waals surface area contributed by atoms with E-state index in [0.717, 1.165) is 25.2 Å². The number of aryl methyl sites for hydroxylation is 1. The lowest BCUT2D eigenvalue weighted by Gasteiger charge is -2.25. The van der Waals surface area contributed by atoms with Gasteiger partial charge in [-0.3, -0.25) is 4.79 Å². The Kier molecular flexibility index (Phi) is 16.0. The molecule has 1 heterocycles. The third-order valence-corrected chi connectivity index (χ3v) is 6.01. The first kappa shape index (κ1) is 29.9. The van der Waals surface area contributed by atoms with Gasteiger partial charge in [-0.25, -0.2) is 4.57 Å². The van der Waals surface area contributed by atoms with Crippen LogP contribution in [0.4, 0.5) is 5.69 Å². The minimum Gasteiger partial charge on any atom is -1.00 e. The van der Waals surface area contributed by atoms with Crippen molar-refractivity contribution in [2.75, 3.05) is 18.0 Å². The Hall–Kier alpha value is -2.14. The van der Waals surface area contributed by atoms with Crippen LogP contribution >= 0.6 is 0 Å². The van der Waals surface area contributed by atoms with E-state index < -0.39 is 5.97 Å². The number of hydrogen-bond acceptors (Lipinski definition) is 2. The predicted octanol–water partition coefficient (Wildman–Crippen LogP) is 3.98. The van der Waals surface area contributed by atoms with Gasteiger partial charge in [0.05, 0.1) is 6.42 Å². The van der Waals surface area contributed by atoms with Gasteiger partial charge >= 0.3 is 5.97 Å². The number of carboxylic acid groups (broad SMARTS) is 1. The van der Waals surface area contributed by atoms with Crippen LogP contribution in [0.2, 0.25) is 0 Å². The molecule has 0 atom stereocenters. The van der Waals surface area contributed by atoms with Crippen molar-refractivity contribution in [2.24, 2.45) is 0 Å². The number of pyridine rings is 1. The number of hydrogen-bond donors (Lipinski definition) is 1. The SMILES string of the molecule is CCCCCCN(CCCCCC)c1ccc(/C=C/c2cc[n+](CCCC(=O)O)cc2)cc1.[Br-]. The Morgan fingerprint density at radius 2 is 1.32 bits per heavy atom. The van der Waals surface area contributed by atoms with Crippen LogP contribution in [0.5, 0.6) is 0 Å². The Morgan fingerprint density at radius 3 is 1.82 bits per heavy atom. The quantitative estimate of drug-likeness (QED) is 0.248. The second-order valence-electron chi connectivity index (χ2n) is 8.90. The molecule has 2 rings (SSSR count). The maximum atomic E-state index is 10.6. The first-order chi connectivity index (χ1) is 16.1. The van der Waals surface area contributed by atoms with E-state index in [1.807, 2.05) is 17.0 Å². The van der Waals surface area contributed by atoms with Crippen molar-refractivity contribution in [3.05, 3.63) is 59.9 Å². The normalized spacial score (nSPS) is 10.9. The van der Waals surface area contributed by atoms with Gasteiger partial charge in [-0.2, -0.15) is 0 Å². The average molecular weight is 532 g/mol. The highest BCUT2D eigenvalue weighted by Gasteiger charge is 2.06. The Bertz CT molecular complexity index is 807. The van der Waals surface area contributed by atoms with Gasteiger partial charge in [0.2, 0.25) is 0 Å². The molecule has 5 heteroatoms. The fraction of sp³-hybridized carbons (Fsp3) is 0.517. The highest BCUT2D eigenvalue weighted by Crippen LogP contribution is 2.19. The summed E-state index contributed by atoms with van der Waals surface area (Å²) in [6.07, 6.45) is 19.6. The van der Waals surface area contributed by atoms with Gasteiger partial charge < -0.3 is 27.0 Å². The van der Waals surface area contributed by atoms with Crippen molar-refractivity contribution in [3.63, 3.8) is 0 Å². The molecule has 0 unspecified atom stereocenters. The second-order valence-corrected chi connectivity index (χ2v) is 8.90. The highest BCUT2D eigenvalue weighted by molar-refractivity contribution is 5.70. The maximum Gasteiger partial charge on any atom is 0.303 e. The highest BCUT2D eigenvalue weighted by atomic mass is 79.9. The standard InChI is InChI=1S/C29H42N2O2.BrH/c1-3-5-7-9-22-31(23-10-8-6-4-2)28-17-15-26(16-18-28)13-14-27-19-24-30(25-20-27)21-11-12-29(32)33;/h13-20,24-25H,3-12,21-23H2,1-2H3;1H. The molecule has 0 fully saturated rings. The molecule has 4 nitrogen and oxygen atoms in total.